The van der Waals surface area contributed by atoms with Crippen LogP contribution in [0.3, 0.4) is 0 Å². The average Bonchev–Trinajstić information content (AvgIpc) is 2.12. The summed E-state index contributed by atoms with van der Waals surface area (Å²) < 4.78 is 0. The third-order valence-electron chi connectivity index (χ3n) is 2.92. The van der Waals surface area contributed by atoms with Gasteiger partial charge in [0.05, 0.1) is 0 Å². The molecule has 1 aliphatic rings. The van der Waals surface area contributed by atoms with Gasteiger partial charge in [-0.2, -0.15) is 0 Å². The lowest BCUT2D eigenvalue weighted by Crippen LogP contribution is -2.35. The summed E-state index contributed by atoms with van der Waals surface area (Å²) in [7, 11) is 2.22. The molecule has 0 aliphatic carbocycles. The van der Waals surface area contributed by atoms with Crippen LogP contribution in [0.1, 0.15) is 26.2 Å². The molecular formula is C11H25N3. The Morgan fingerprint density at radius 2 is 2.36 bits per heavy atom. The molecular weight excluding hydrogens is 174 g/mol. The summed E-state index contributed by atoms with van der Waals surface area (Å²) in [5.74, 6) is 0.898. The fraction of sp³-hybridized carbons (Fsp3) is 1.00. The molecule has 0 spiro atoms. The summed E-state index contributed by atoms with van der Waals surface area (Å²) >= 11 is 0. The van der Waals surface area contributed by atoms with Crippen LogP contribution in [0.15, 0.2) is 0 Å². The molecule has 0 aromatic heterocycles. The minimum Gasteiger partial charge on any atom is -0.327 e. The summed E-state index contributed by atoms with van der Waals surface area (Å²) in [5.41, 5.74) is 5.66. The van der Waals surface area contributed by atoms with Crippen molar-refractivity contribution in [3.05, 3.63) is 0 Å². The number of rotatable bonds is 5. The molecule has 0 radical (unpaired) electrons. The van der Waals surface area contributed by atoms with Crippen LogP contribution in [-0.4, -0.2) is 44.2 Å². The molecule has 14 heavy (non-hydrogen) atoms. The lowest BCUT2D eigenvalue weighted by Gasteiger charge is -2.29. The molecule has 3 N–H and O–H groups in total. The second-order valence-corrected chi connectivity index (χ2v) is 4.74. The van der Waals surface area contributed by atoms with Crippen molar-refractivity contribution in [2.45, 2.75) is 32.2 Å². The predicted octanol–water partition coefficient (Wildman–Crippen LogP) is 0.655. The summed E-state index contributed by atoms with van der Waals surface area (Å²) in [4.78, 5) is 2.44. The molecule has 2 unspecified atom stereocenters. The zero-order valence-electron chi connectivity index (χ0n) is 9.63. The lowest BCUT2D eigenvalue weighted by molar-refractivity contribution is 0.201. The van der Waals surface area contributed by atoms with Crippen LogP contribution in [0.25, 0.3) is 0 Å². The minimum absolute atomic E-state index is 0.282. The van der Waals surface area contributed by atoms with Crippen molar-refractivity contribution in [1.29, 1.82) is 0 Å². The maximum Gasteiger partial charge on any atom is 0.0136 e. The first-order valence-corrected chi connectivity index (χ1v) is 5.83. The molecule has 0 saturated carbocycles. The summed E-state index contributed by atoms with van der Waals surface area (Å²) in [6, 6.07) is 0.282. The summed E-state index contributed by atoms with van der Waals surface area (Å²) in [5, 5.41) is 3.40. The number of hydrogen-bond acceptors (Lipinski definition) is 3. The van der Waals surface area contributed by atoms with Crippen molar-refractivity contribution < 1.29 is 0 Å². The molecule has 2 atom stereocenters. The highest BCUT2D eigenvalue weighted by molar-refractivity contribution is 4.71. The predicted molar refractivity (Wildman–Crippen MR) is 61.4 cm³/mol. The molecule has 3 heteroatoms. The molecule has 1 rings (SSSR count). The highest BCUT2D eigenvalue weighted by atomic mass is 15.1. The summed E-state index contributed by atoms with van der Waals surface area (Å²) in [6.07, 6.45) is 4.08. The van der Waals surface area contributed by atoms with E-state index in [4.69, 9.17) is 5.73 Å². The van der Waals surface area contributed by atoms with Gasteiger partial charge in [0.25, 0.3) is 0 Å². The second kappa shape index (κ2) is 6.38. The van der Waals surface area contributed by atoms with Gasteiger partial charge in [0.1, 0.15) is 0 Å². The Morgan fingerprint density at radius 1 is 1.57 bits per heavy atom. The van der Waals surface area contributed by atoms with Crippen LogP contribution in [0.5, 0.6) is 0 Å². The fourth-order valence-corrected chi connectivity index (χ4v) is 2.14. The highest BCUT2D eigenvalue weighted by Crippen LogP contribution is 2.17. The van der Waals surface area contributed by atoms with Crippen molar-refractivity contribution in [3.8, 4) is 0 Å². The zero-order chi connectivity index (χ0) is 10.4. The number of nitrogens with two attached hydrogens (primary N) is 1. The Hall–Kier alpha value is -0.120. The Labute approximate surface area is 88.0 Å². The van der Waals surface area contributed by atoms with Gasteiger partial charge in [-0.3, -0.25) is 0 Å². The van der Waals surface area contributed by atoms with Gasteiger partial charge in [0.15, 0.2) is 0 Å². The van der Waals surface area contributed by atoms with Crippen LogP contribution in [0, 0.1) is 5.92 Å². The maximum absolute atomic E-state index is 5.66. The van der Waals surface area contributed by atoms with Crippen molar-refractivity contribution in [2.75, 3.05) is 33.2 Å². The van der Waals surface area contributed by atoms with E-state index in [1.54, 1.807) is 0 Å². The maximum atomic E-state index is 5.66. The molecule has 1 heterocycles. The van der Waals surface area contributed by atoms with Crippen molar-refractivity contribution in [3.63, 3.8) is 0 Å². The standard InChI is InChI=1S/C11H25N3/c1-10(12)8-13-6-5-11-4-3-7-14(2)9-11/h10-11,13H,3-9,12H2,1-2H3. The minimum atomic E-state index is 0.282. The quantitative estimate of drug-likeness (QED) is 0.639. The largest absolute Gasteiger partial charge is 0.327 e. The van der Waals surface area contributed by atoms with Gasteiger partial charge in [0.2, 0.25) is 0 Å². The van der Waals surface area contributed by atoms with E-state index in [0.717, 1.165) is 19.0 Å². The van der Waals surface area contributed by atoms with Crippen LogP contribution < -0.4 is 11.1 Å². The molecule has 1 aliphatic heterocycles. The number of nitrogens with zero attached hydrogens (tertiary/aromatic N) is 1. The van der Waals surface area contributed by atoms with Crippen molar-refractivity contribution in [1.82, 2.24) is 10.2 Å². The number of likely N-dealkylation sites (tertiary alicyclic amines) is 1. The van der Waals surface area contributed by atoms with E-state index in [-0.39, 0.29) is 6.04 Å². The van der Waals surface area contributed by atoms with Crippen molar-refractivity contribution >= 4 is 0 Å². The molecule has 84 valence electrons. The van der Waals surface area contributed by atoms with Gasteiger partial charge in [-0.25, -0.2) is 0 Å². The number of hydrogen-bond donors (Lipinski definition) is 2. The van der Waals surface area contributed by atoms with Crippen molar-refractivity contribution in [2.24, 2.45) is 11.7 Å². The normalized spacial score (nSPS) is 26.4. The molecule has 0 aromatic carbocycles. The van der Waals surface area contributed by atoms with Crippen LogP contribution in [-0.2, 0) is 0 Å². The first kappa shape index (κ1) is 12.0. The Balaban J connectivity index is 2.00. The van der Waals surface area contributed by atoms with Gasteiger partial charge >= 0.3 is 0 Å². The average molecular weight is 199 g/mol. The highest BCUT2D eigenvalue weighted by Gasteiger charge is 2.16. The first-order chi connectivity index (χ1) is 6.68. The summed E-state index contributed by atoms with van der Waals surface area (Å²) in [6.45, 7) is 6.67. The Bertz CT molecular complexity index is 147. The van der Waals surface area contributed by atoms with E-state index in [1.165, 1.54) is 32.4 Å². The molecule has 0 bridgehead atoms. The van der Waals surface area contributed by atoms with E-state index >= 15 is 0 Å². The van der Waals surface area contributed by atoms with E-state index < -0.39 is 0 Å². The van der Waals surface area contributed by atoms with Gasteiger partial charge in [0, 0.05) is 19.1 Å². The Kier molecular flexibility index (Phi) is 5.45. The SMILES string of the molecule is CC(N)CNCCC1CCCN(C)C1. The number of piperidine rings is 1. The molecule has 1 fully saturated rings. The second-order valence-electron chi connectivity index (χ2n) is 4.74. The van der Waals surface area contributed by atoms with E-state index in [2.05, 4.69) is 17.3 Å². The van der Waals surface area contributed by atoms with E-state index in [1.807, 2.05) is 6.92 Å². The van der Waals surface area contributed by atoms with Gasteiger partial charge < -0.3 is 16.0 Å². The van der Waals surface area contributed by atoms with Gasteiger partial charge in [-0.05, 0) is 52.2 Å². The van der Waals surface area contributed by atoms with Crippen LogP contribution >= 0.6 is 0 Å². The van der Waals surface area contributed by atoms with Gasteiger partial charge in [-0.15, -0.1) is 0 Å². The zero-order valence-corrected chi connectivity index (χ0v) is 9.63. The monoisotopic (exact) mass is 199 g/mol. The number of nitrogens with one attached hydrogen (secondary N) is 1. The van der Waals surface area contributed by atoms with Crippen LogP contribution in [0.2, 0.25) is 0 Å². The lowest BCUT2D eigenvalue weighted by atomic mass is 9.95. The van der Waals surface area contributed by atoms with Crippen LogP contribution in [0.4, 0.5) is 0 Å². The topological polar surface area (TPSA) is 41.3 Å². The van der Waals surface area contributed by atoms with E-state index in [9.17, 15) is 0 Å². The van der Waals surface area contributed by atoms with E-state index in [0.29, 0.717) is 0 Å². The molecule has 3 nitrogen and oxygen atoms in total. The molecule has 1 saturated heterocycles. The molecule has 0 aromatic rings. The van der Waals surface area contributed by atoms with Gasteiger partial charge in [-0.1, -0.05) is 0 Å². The third-order valence-corrected chi connectivity index (χ3v) is 2.92. The first-order valence-electron chi connectivity index (χ1n) is 5.83. The molecule has 0 amide bonds. The smallest absolute Gasteiger partial charge is 0.0136 e. The Morgan fingerprint density at radius 3 is 3.00 bits per heavy atom. The third kappa shape index (κ3) is 4.94. The fourth-order valence-electron chi connectivity index (χ4n) is 2.14.